The first kappa shape index (κ1) is 16.4. The highest BCUT2D eigenvalue weighted by atomic mass is 16.6. The number of amides is 1. The van der Waals surface area contributed by atoms with E-state index in [-0.39, 0.29) is 23.3 Å². The Labute approximate surface area is 141 Å². The number of anilines is 1. The summed E-state index contributed by atoms with van der Waals surface area (Å²) in [7, 11) is 0. The molecule has 0 aliphatic heterocycles. The summed E-state index contributed by atoms with van der Waals surface area (Å²) in [4.78, 5) is 34.5. The Morgan fingerprint density at radius 2 is 1.96 bits per heavy atom. The van der Waals surface area contributed by atoms with Crippen molar-refractivity contribution in [3.63, 3.8) is 0 Å². The Morgan fingerprint density at radius 3 is 2.64 bits per heavy atom. The van der Waals surface area contributed by atoms with Gasteiger partial charge in [0.15, 0.2) is 5.58 Å². The lowest BCUT2D eigenvalue weighted by Crippen LogP contribution is -2.24. The first-order valence-electron chi connectivity index (χ1n) is 7.50. The van der Waals surface area contributed by atoms with Crippen LogP contribution >= 0.6 is 0 Å². The van der Waals surface area contributed by atoms with Crippen molar-refractivity contribution in [1.29, 1.82) is 0 Å². The van der Waals surface area contributed by atoms with Crippen LogP contribution in [-0.4, -0.2) is 15.4 Å². The SMILES string of the molecule is Cc1ccc(NC(=O)Cn2c(=O)oc3ccc([N+](=O)[O-])cc32)cc1C. The Bertz CT molecular complexity index is 1050. The molecular formula is C17H15N3O5. The molecule has 0 radical (unpaired) electrons. The van der Waals surface area contributed by atoms with Gasteiger partial charge in [0.05, 0.1) is 10.4 Å². The lowest BCUT2D eigenvalue weighted by molar-refractivity contribution is -0.384. The van der Waals surface area contributed by atoms with Crippen LogP contribution in [0.4, 0.5) is 11.4 Å². The third-order valence-electron chi connectivity index (χ3n) is 3.95. The smallest absolute Gasteiger partial charge is 0.408 e. The number of nitro benzene ring substituents is 1. The second-order valence-electron chi connectivity index (χ2n) is 5.71. The van der Waals surface area contributed by atoms with Gasteiger partial charge < -0.3 is 9.73 Å². The van der Waals surface area contributed by atoms with E-state index in [0.29, 0.717) is 5.69 Å². The maximum atomic E-state index is 12.2. The molecule has 8 nitrogen and oxygen atoms in total. The third-order valence-corrected chi connectivity index (χ3v) is 3.95. The van der Waals surface area contributed by atoms with E-state index in [4.69, 9.17) is 4.42 Å². The molecule has 0 saturated carbocycles. The van der Waals surface area contributed by atoms with Crippen LogP contribution in [-0.2, 0) is 11.3 Å². The number of nitrogens with zero attached hydrogens (tertiary/aromatic N) is 2. The van der Waals surface area contributed by atoms with Crippen molar-refractivity contribution in [2.24, 2.45) is 0 Å². The number of nitrogens with one attached hydrogen (secondary N) is 1. The van der Waals surface area contributed by atoms with Gasteiger partial charge in [-0.25, -0.2) is 4.79 Å². The van der Waals surface area contributed by atoms with Crippen LogP contribution in [0.15, 0.2) is 45.6 Å². The molecule has 0 atom stereocenters. The number of carbonyl (C=O) groups excluding carboxylic acids is 1. The van der Waals surface area contributed by atoms with Gasteiger partial charge >= 0.3 is 5.76 Å². The summed E-state index contributed by atoms with van der Waals surface area (Å²) in [5.41, 5.74) is 2.95. The molecule has 0 aliphatic rings. The molecule has 1 heterocycles. The molecule has 25 heavy (non-hydrogen) atoms. The number of nitro groups is 1. The normalized spacial score (nSPS) is 10.8. The Hall–Kier alpha value is -3.42. The van der Waals surface area contributed by atoms with Gasteiger partial charge in [-0.2, -0.15) is 0 Å². The number of non-ortho nitro benzene ring substituents is 1. The summed E-state index contributed by atoms with van der Waals surface area (Å²) < 4.78 is 6.09. The van der Waals surface area contributed by atoms with Crippen molar-refractivity contribution >= 4 is 28.4 Å². The number of aromatic nitrogens is 1. The number of aryl methyl sites for hydroxylation is 2. The molecule has 2 aromatic carbocycles. The van der Waals surface area contributed by atoms with Crippen molar-refractivity contribution in [2.75, 3.05) is 5.32 Å². The van der Waals surface area contributed by atoms with Crippen LogP contribution < -0.4 is 11.1 Å². The summed E-state index contributed by atoms with van der Waals surface area (Å²) in [5.74, 6) is -1.18. The van der Waals surface area contributed by atoms with Crippen molar-refractivity contribution < 1.29 is 14.1 Å². The van der Waals surface area contributed by atoms with Gasteiger partial charge in [0.25, 0.3) is 5.69 Å². The zero-order valence-corrected chi connectivity index (χ0v) is 13.6. The predicted molar refractivity (Wildman–Crippen MR) is 91.7 cm³/mol. The average Bonchev–Trinajstić information content (AvgIpc) is 2.86. The maximum absolute atomic E-state index is 12.2. The molecule has 0 fully saturated rings. The average molecular weight is 341 g/mol. The fraction of sp³-hybridized carbons (Fsp3) is 0.176. The van der Waals surface area contributed by atoms with E-state index in [0.717, 1.165) is 15.7 Å². The second kappa shape index (κ2) is 6.23. The van der Waals surface area contributed by atoms with Gasteiger partial charge in [0.1, 0.15) is 6.54 Å². The lowest BCUT2D eigenvalue weighted by atomic mass is 10.1. The number of rotatable bonds is 4. The predicted octanol–water partition coefficient (Wildman–Crippen LogP) is 2.76. The zero-order valence-electron chi connectivity index (χ0n) is 13.6. The number of hydrogen-bond donors (Lipinski definition) is 1. The molecule has 3 rings (SSSR count). The minimum absolute atomic E-state index is 0.184. The quantitative estimate of drug-likeness (QED) is 0.580. The maximum Gasteiger partial charge on any atom is 0.420 e. The molecule has 1 amide bonds. The van der Waals surface area contributed by atoms with Crippen molar-refractivity contribution in [3.05, 3.63) is 68.2 Å². The lowest BCUT2D eigenvalue weighted by Gasteiger charge is -2.08. The van der Waals surface area contributed by atoms with E-state index in [1.54, 1.807) is 6.07 Å². The molecule has 0 unspecified atom stereocenters. The van der Waals surface area contributed by atoms with Crippen LogP contribution in [0.1, 0.15) is 11.1 Å². The number of benzene rings is 2. The molecule has 0 spiro atoms. The standard InChI is InChI=1S/C17H15N3O5/c1-10-3-4-12(7-11(10)2)18-16(21)9-19-14-8-13(20(23)24)5-6-15(14)25-17(19)22/h3-8H,9H2,1-2H3,(H,18,21). The fourth-order valence-corrected chi connectivity index (χ4v) is 2.48. The van der Waals surface area contributed by atoms with Crippen LogP contribution in [0.25, 0.3) is 11.1 Å². The van der Waals surface area contributed by atoms with Crippen LogP contribution in [0.3, 0.4) is 0 Å². The van der Waals surface area contributed by atoms with Gasteiger partial charge in [-0.05, 0) is 43.2 Å². The summed E-state index contributed by atoms with van der Waals surface area (Å²) in [6.07, 6.45) is 0. The van der Waals surface area contributed by atoms with E-state index in [1.807, 2.05) is 26.0 Å². The number of hydrogen-bond acceptors (Lipinski definition) is 5. The molecule has 0 aliphatic carbocycles. The molecule has 128 valence electrons. The first-order chi connectivity index (χ1) is 11.8. The van der Waals surface area contributed by atoms with Crippen LogP contribution in [0, 0.1) is 24.0 Å². The fourth-order valence-electron chi connectivity index (χ4n) is 2.48. The van der Waals surface area contributed by atoms with E-state index >= 15 is 0 Å². The molecule has 0 saturated heterocycles. The number of oxazole rings is 1. The highest BCUT2D eigenvalue weighted by Gasteiger charge is 2.16. The highest BCUT2D eigenvalue weighted by molar-refractivity contribution is 5.91. The van der Waals surface area contributed by atoms with E-state index in [2.05, 4.69) is 5.32 Å². The van der Waals surface area contributed by atoms with E-state index in [9.17, 15) is 19.7 Å². The third kappa shape index (κ3) is 3.27. The van der Waals surface area contributed by atoms with Gasteiger partial charge in [0, 0.05) is 17.8 Å². The minimum Gasteiger partial charge on any atom is -0.408 e. The number of fused-ring (bicyclic) bond motifs is 1. The molecular weight excluding hydrogens is 326 g/mol. The Balaban J connectivity index is 1.88. The van der Waals surface area contributed by atoms with Crippen LogP contribution in [0.2, 0.25) is 0 Å². The summed E-state index contributed by atoms with van der Waals surface area (Å²) >= 11 is 0. The van der Waals surface area contributed by atoms with Gasteiger partial charge in [-0.3, -0.25) is 19.5 Å². The molecule has 3 aromatic rings. The van der Waals surface area contributed by atoms with Crippen LogP contribution in [0.5, 0.6) is 0 Å². The molecule has 0 bridgehead atoms. The summed E-state index contributed by atoms with van der Waals surface area (Å²) in [6.45, 7) is 3.59. The van der Waals surface area contributed by atoms with E-state index in [1.165, 1.54) is 18.2 Å². The van der Waals surface area contributed by atoms with E-state index < -0.39 is 16.6 Å². The van der Waals surface area contributed by atoms with Crippen molar-refractivity contribution in [2.45, 2.75) is 20.4 Å². The van der Waals surface area contributed by atoms with Crippen molar-refractivity contribution in [3.8, 4) is 0 Å². The summed E-state index contributed by atoms with van der Waals surface area (Å²) in [5, 5.41) is 13.6. The van der Waals surface area contributed by atoms with Gasteiger partial charge in [0.2, 0.25) is 5.91 Å². The largest absolute Gasteiger partial charge is 0.420 e. The Morgan fingerprint density at radius 1 is 1.20 bits per heavy atom. The molecule has 1 N–H and O–H groups in total. The monoisotopic (exact) mass is 341 g/mol. The second-order valence-corrected chi connectivity index (χ2v) is 5.71. The van der Waals surface area contributed by atoms with Gasteiger partial charge in [-0.15, -0.1) is 0 Å². The van der Waals surface area contributed by atoms with Gasteiger partial charge in [-0.1, -0.05) is 6.07 Å². The Kier molecular flexibility index (Phi) is 4.10. The topological polar surface area (TPSA) is 107 Å². The minimum atomic E-state index is -0.745. The molecule has 1 aromatic heterocycles. The molecule has 8 heteroatoms. The zero-order chi connectivity index (χ0) is 18.1. The highest BCUT2D eigenvalue weighted by Crippen LogP contribution is 2.20. The number of carbonyl (C=O) groups is 1. The van der Waals surface area contributed by atoms with Crippen molar-refractivity contribution in [1.82, 2.24) is 4.57 Å². The summed E-state index contributed by atoms with van der Waals surface area (Å²) in [6, 6.07) is 9.27. The first-order valence-corrected chi connectivity index (χ1v) is 7.50.